The van der Waals surface area contributed by atoms with Crippen molar-refractivity contribution >= 4 is 5.90 Å². The van der Waals surface area contributed by atoms with Crippen molar-refractivity contribution < 1.29 is 9.47 Å². The second-order valence-corrected chi connectivity index (χ2v) is 9.26. The highest BCUT2D eigenvalue weighted by molar-refractivity contribution is 5.93. The predicted octanol–water partition coefficient (Wildman–Crippen LogP) is 6.98. The summed E-state index contributed by atoms with van der Waals surface area (Å²) in [5, 5.41) is 0. The fourth-order valence-electron chi connectivity index (χ4n) is 5.10. The highest BCUT2D eigenvalue weighted by Crippen LogP contribution is 2.42. The lowest BCUT2D eigenvalue weighted by atomic mass is 9.80. The average Bonchev–Trinajstić information content (AvgIpc) is 3.44. The predicted molar refractivity (Wildman–Crippen MR) is 150 cm³/mol. The van der Waals surface area contributed by atoms with Crippen LogP contribution in [0.15, 0.2) is 151 Å². The van der Waals surface area contributed by atoms with Crippen molar-refractivity contribution in [3.05, 3.63) is 174 Å². The molecule has 0 saturated heterocycles. The van der Waals surface area contributed by atoms with E-state index in [0.29, 0.717) is 12.5 Å². The van der Waals surface area contributed by atoms with Crippen LogP contribution in [0.1, 0.15) is 34.1 Å². The van der Waals surface area contributed by atoms with Crippen molar-refractivity contribution in [3.8, 4) is 0 Å². The minimum Gasteiger partial charge on any atom is -0.466 e. The lowest BCUT2D eigenvalue weighted by molar-refractivity contribution is -0.00725. The molecule has 0 spiro atoms. The van der Waals surface area contributed by atoms with Gasteiger partial charge in [-0.2, -0.15) is 0 Å². The summed E-state index contributed by atoms with van der Waals surface area (Å²) in [7, 11) is 0. The van der Waals surface area contributed by atoms with Gasteiger partial charge in [0.15, 0.2) is 6.10 Å². The second kappa shape index (κ2) is 10.8. The molecule has 2 heterocycles. The number of pyridine rings is 1. The number of benzene rings is 4. The first-order chi connectivity index (χ1) is 18.8. The summed E-state index contributed by atoms with van der Waals surface area (Å²) in [6.45, 7) is 0.342. The van der Waals surface area contributed by atoms with Gasteiger partial charge in [-0.3, -0.25) is 4.98 Å². The Balaban J connectivity index is 1.44. The summed E-state index contributed by atoms with van der Waals surface area (Å²) in [4.78, 5) is 9.49. The molecule has 0 bridgehead atoms. The van der Waals surface area contributed by atoms with Gasteiger partial charge in [-0.25, -0.2) is 4.99 Å². The number of ether oxygens (including phenoxy) is 2. The molecule has 0 amide bonds. The Bertz CT molecular complexity index is 1380. The summed E-state index contributed by atoms with van der Waals surface area (Å²) in [5.74, 6) is 0.540. The minimum atomic E-state index is -0.825. The summed E-state index contributed by atoms with van der Waals surface area (Å²) in [5.41, 5.74) is 4.12. The molecule has 186 valence electrons. The number of aliphatic imine (C=N–C) groups is 1. The van der Waals surface area contributed by atoms with Crippen molar-refractivity contribution in [2.75, 3.05) is 6.61 Å². The highest BCUT2D eigenvalue weighted by atomic mass is 16.5. The second-order valence-electron chi connectivity index (χ2n) is 9.26. The van der Waals surface area contributed by atoms with E-state index < -0.39 is 5.60 Å². The van der Waals surface area contributed by atoms with Gasteiger partial charge in [0, 0.05) is 6.20 Å². The molecule has 2 atom stereocenters. The first-order valence-corrected chi connectivity index (χ1v) is 12.9. The quantitative estimate of drug-likeness (QED) is 0.218. The largest absolute Gasteiger partial charge is 0.466 e. The number of hydrogen-bond acceptors (Lipinski definition) is 4. The monoisotopic (exact) mass is 496 g/mol. The van der Waals surface area contributed by atoms with Crippen molar-refractivity contribution in [2.24, 2.45) is 4.99 Å². The van der Waals surface area contributed by atoms with E-state index in [4.69, 9.17) is 14.5 Å². The molecule has 0 radical (unpaired) electrons. The van der Waals surface area contributed by atoms with Gasteiger partial charge in [-0.1, -0.05) is 127 Å². The molecule has 38 heavy (non-hydrogen) atoms. The van der Waals surface area contributed by atoms with Gasteiger partial charge in [0.1, 0.15) is 17.3 Å². The Kier molecular flexibility index (Phi) is 6.79. The zero-order valence-electron chi connectivity index (χ0n) is 20.9. The van der Waals surface area contributed by atoms with E-state index in [2.05, 4.69) is 89.9 Å². The molecule has 4 heteroatoms. The standard InChI is InChI=1S/C34H28N2O2/c1-5-15-26(16-6-1)32-31(36-33(38-32)30-23-13-14-24-35-30)25-37-34(27-17-7-2-8-18-27,28-19-9-3-10-20-28)29-21-11-4-12-22-29/h1-24,31-32H,25H2/t31-,32-/m0/s1. The zero-order chi connectivity index (χ0) is 25.6. The topological polar surface area (TPSA) is 43.7 Å². The lowest BCUT2D eigenvalue weighted by Gasteiger charge is -2.37. The van der Waals surface area contributed by atoms with Gasteiger partial charge in [-0.05, 0) is 34.4 Å². The Morgan fingerprint density at radius 3 is 1.61 bits per heavy atom. The Labute approximate surface area is 223 Å². The summed E-state index contributed by atoms with van der Waals surface area (Å²) < 4.78 is 13.5. The van der Waals surface area contributed by atoms with Gasteiger partial charge in [0.05, 0.1) is 6.61 Å². The third-order valence-electron chi connectivity index (χ3n) is 6.89. The normalized spacial score (nSPS) is 17.0. The SMILES string of the molecule is c1ccc([C@@H]2OC(c3ccccn3)=N[C@H]2COC(c2ccccc2)(c2ccccc2)c2ccccc2)cc1. The Morgan fingerprint density at radius 1 is 0.605 bits per heavy atom. The van der Waals surface area contributed by atoms with Crippen LogP contribution in [0.3, 0.4) is 0 Å². The molecule has 1 aromatic heterocycles. The van der Waals surface area contributed by atoms with Crippen LogP contribution in [0.2, 0.25) is 0 Å². The van der Waals surface area contributed by atoms with Crippen LogP contribution < -0.4 is 0 Å². The number of rotatable bonds is 8. The van der Waals surface area contributed by atoms with Crippen LogP contribution in [0, 0.1) is 0 Å². The van der Waals surface area contributed by atoms with Crippen molar-refractivity contribution in [1.29, 1.82) is 0 Å². The highest BCUT2D eigenvalue weighted by Gasteiger charge is 2.41. The summed E-state index contributed by atoms with van der Waals surface area (Å²) in [6, 6.07) is 46.9. The molecule has 1 aliphatic heterocycles. The van der Waals surface area contributed by atoms with E-state index >= 15 is 0 Å². The minimum absolute atomic E-state index is 0.259. The van der Waals surface area contributed by atoms with Crippen LogP contribution in [-0.4, -0.2) is 23.5 Å². The molecule has 0 unspecified atom stereocenters. The van der Waals surface area contributed by atoms with Gasteiger partial charge < -0.3 is 9.47 Å². The van der Waals surface area contributed by atoms with Gasteiger partial charge in [-0.15, -0.1) is 0 Å². The maximum Gasteiger partial charge on any atom is 0.236 e. The van der Waals surface area contributed by atoms with Crippen LogP contribution in [0.5, 0.6) is 0 Å². The Morgan fingerprint density at radius 2 is 1.11 bits per heavy atom. The number of aromatic nitrogens is 1. The molecule has 6 rings (SSSR count). The van der Waals surface area contributed by atoms with Crippen molar-refractivity contribution in [3.63, 3.8) is 0 Å². The number of nitrogens with zero attached hydrogens (tertiary/aromatic N) is 2. The molecule has 4 aromatic carbocycles. The molecule has 0 fully saturated rings. The first kappa shape index (κ1) is 23.8. The van der Waals surface area contributed by atoms with E-state index in [-0.39, 0.29) is 12.1 Å². The van der Waals surface area contributed by atoms with Crippen LogP contribution in [0.25, 0.3) is 0 Å². The van der Waals surface area contributed by atoms with E-state index in [1.54, 1.807) is 6.20 Å². The van der Waals surface area contributed by atoms with Crippen LogP contribution >= 0.6 is 0 Å². The fraction of sp³-hybridized carbons (Fsp3) is 0.118. The molecule has 1 aliphatic rings. The van der Waals surface area contributed by atoms with Gasteiger partial charge in [0.2, 0.25) is 5.90 Å². The van der Waals surface area contributed by atoms with Crippen LogP contribution in [-0.2, 0) is 15.1 Å². The molecular weight excluding hydrogens is 468 g/mol. The van der Waals surface area contributed by atoms with E-state index in [9.17, 15) is 0 Å². The molecule has 0 N–H and O–H groups in total. The van der Waals surface area contributed by atoms with Gasteiger partial charge in [0.25, 0.3) is 0 Å². The third kappa shape index (κ3) is 4.62. The molecule has 5 aromatic rings. The average molecular weight is 497 g/mol. The summed E-state index contributed by atoms with van der Waals surface area (Å²) in [6.07, 6.45) is 1.47. The lowest BCUT2D eigenvalue weighted by Crippen LogP contribution is -2.36. The molecule has 0 saturated carbocycles. The fourth-order valence-corrected chi connectivity index (χ4v) is 5.10. The van der Waals surface area contributed by atoms with Gasteiger partial charge >= 0.3 is 0 Å². The molecule has 0 aliphatic carbocycles. The first-order valence-electron chi connectivity index (χ1n) is 12.9. The van der Waals surface area contributed by atoms with E-state index in [0.717, 1.165) is 27.9 Å². The summed E-state index contributed by atoms with van der Waals surface area (Å²) >= 11 is 0. The van der Waals surface area contributed by atoms with E-state index in [1.165, 1.54) is 0 Å². The number of hydrogen-bond donors (Lipinski definition) is 0. The maximum atomic E-state index is 7.10. The molecule has 4 nitrogen and oxygen atoms in total. The smallest absolute Gasteiger partial charge is 0.236 e. The van der Waals surface area contributed by atoms with Crippen molar-refractivity contribution in [1.82, 2.24) is 4.98 Å². The zero-order valence-corrected chi connectivity index (χ0v) is 20.9. The van der Waals surface area contributed by atoms with Crippen LogP contribution in [0.4, 0.5) is 0 Å². The third-order valence-corrected chi connectivity index (χ3v) is 6.89. The van der Waals surface area contributed by atoms with E-state index in [1.807, 2.05) is 54.6 Å². The maximum absolute atomic E-state index is 7.10. The molecular formula is C34H28N2O2. The van der Waals surface area contributed by atoms with Crippen molar-refractivity contribution in [2.45, 2.75) is 17.7 Å². The Hall–Kier alpha value is -4.54.